The largest absolute Gasteiger partial charge is 0 e. The van der Waals surface area contributed by atoms with E-state index in [1.807, 2.05) is 13.8 Å². The van der Waals surface area contributed by atoms with Gasteiger partial charge in [0.05, 0.1) is 0 Å². The van der Waals surface area contributed by atoms with Crippen molar-refractivity contribution in [1.29, 1.82) is 0 Å². The molecule has 0 bridgehead atoms. The molecule has 6 nitrogen and oxygen atoms in total. The smallest absolute Gasteiger partial charge is 0 e. The van der Waals surface area contributed by atoms with Crippen LogP contribution in [-0.4, -0.2) is 35.5 Å². The van der Waals surface area contributed by atoms with E-state index in [2.05, 4.69) is 29.9 Å². The Bertz CT molecular complexity index is 706. The summed E-state index contributed by atoms with van der Waals surface area (Å²) >= 11 is 0. The van der Waals surface area contributed by atoms with Crippen molar-refractivity contribution in [2.24, 2.45) is 9.98 Å². The first kappa shape index (κ1) is 25.5. The number of rotatable bonds is 6. The van der Waals surface area contributed by atoms with E-state index in [0.717, 1.165) is 42.3 Å². The van der Waals surface area contributed by atoms with Crippen LogP contribution in [0.4, 0.5) is 25.2 Å². The molecule has 0 N–H and O–H groups in total. The molecule has 1 radical (unpaired) electrons. The summed E-state index contributed by atoms with van der Waals surface area (Å²) in [7, 11) is -10.7. The van der Waals surface area contributed by atoms with Gasteiger partial charge in [0.1, 0.15) is 0 Å². The number of halogens is 6. The summed E-state index contributed by atoms with van der Waals surface area (Å²) in [4.78, 5) is 24.9. The molecule has 0 fully saturated rings. The van der Waals surface area contributed by atoms with Crippen LogP contribution in [-0.2, 0) is 22.4 Å². The molecule has 27 heavy (non-hydrogen) atoms. The van der Waals surface area contributed by atoms with Gasteiger partial charge < -0.3 is 19.9 Å². The van der Waals surface area contributed by atoms with Gasteiger partial charge in [-0.1, -0.05) is 24.0 Å². The zero-order valence-corrected chi connectivity index (χ0v) is 17.2. The van der Waals surface area contributed by atoms with E-state index >= 15 is 0 Å². The Balaban J connectivity index is 0.000000728. The Hall–Kier alpha value is -1.49. The first-order chi connectivity index (χ1) is 11.7. The molecule has 0 aromatic carbocycles. The Morgan fingerprint density at radius 3 is 1.44 bits per heavy atom. The van der Waals surface area contributed by atoms with Crippen molar-refractivity contribution in [3.05, 3.63) is 35.4 Å². The predicted octanol–water partition coefficient (Wildman–Crippen LogP) is 4.32. The third-order valence-electron chi connectivity index (χ3n) is 2.64. The van der Waals surface area contributed by atoms with Crippen LogP contribution in [0.2, 0.25) is 0 Å². The second kappa shape index (κ2) is 9.14. The van der Waals surface area contributed by atoms with Gasteiger partial charge in [0.25, 0.3) is 0 Å². The molecule has 0 amide bonds. The van der Waals surface area contributed by atoms with E-state index in [0.29, 0.717) is 0 Å². The van der Waals surface area contributed by atoms with E-state index in [1.165, 1.54) is 0 Å². The standard InChI is InChI=1S/C13H16N6.Au.F6P/c1-10-12(18-8-16-10)6-14-4-3-5-15-7-13-11(2)17-9-19-13;;1-7(2,3,4,5)6/h6-9H,3-5H2,1-2H3;;/q-2;;-1. The summed E-state index contributed by atoms with van der Waals surface area (Å²) in [6, 6.07) is 0. The molecule has 0 aliphatic rings. The molecule has 0 spiro atoms. The van der Waals surface area contributed by atoms with Crippen LogP contribution in [0.3, 0.4) is 0 Å². The summed E-state index contributed by atoms with van der Waals surface area (Å²) < 4.78 is 59.2. The van der Waals surface area contributed by atoms with E-state index < -0.39 is 7.81 Å². The molecule has 2 heterocycles. The van der Waals surface area contributed by atoms with Gasteiger partial charge in [0.2, 0.25) is 0 Å². The maximum Gasteiger partial charge on any atom is 0 e. The van der Waals surface area contributed by atoms with Gasteiger partial charge in [-0.15, -0.1) is 0 Å². The van der Waals surface area contributed by atoms with Gasteiger partial charge in [0.15, 0.2) is 0 Å². The summed E-state index contributed by atoms with van der Waals surface area (Å²) in [5.74, 6) is 0. The van der Waals surface area contributed by atoms with E-state index in [1.54, 1.807) is 25.1 Å². The second-order valence-corrected chi connectivity index (χ2v) is 6.99. The molecule has 2 aromatic rings. The van der Waals surface area contributed by atoms with Crippen LogP contribution in [0, 0.1) is 13.8 Å². The number of aryl methyl sites for hydroxylation is 2. The van der Waals surface area contributed by atoms with Gasteiger partial charge in [-0.25, -0.2) is 0 Å². The van der Waals surface area contributed by atoms with Crippen molar-refractivity contribution >= 4 is 20.2 Å². The first-order valence-electron chi connectivity index (χ1n) is 7.17. The molecule has 14 heteroatoms. The molecule has 159 valence electrons. The van der Waals surface area contributed by atoms with Crippen molar-refractivity contribution in [2.45, 2.75) is 20.3 Å². The number of nitrogens with zero attached hydrogens (tertiary/aromatic N) is 6. The monoisotopic (exact) mass is 598 g/mol. The van der Waals surface area contributed by atoms with Crippen molar-refractivity contribution in [1.82, 2.24) is 19.9 Å². The van der Waals surface area contributed by atoms with Crippen molar-refractivity contribution in [3.63, 3.8) is 0 Å². The number of imidazole rings is 2. The van der Waals surface area contributed by atoms with Crippen molar-refractivity contribution < 1.29 is 47.6 Å². The van der Waals surface area contributed by atoms with Gasteiger partial charge in [0, 0.05) is 47.9 Å². The zero-order chi connectivity index (χ0) is 19.9. The molecule has 0 saturated carbocycles. The van der Waals surface area contributed by atoms with E-state index in [9.17, 15) is 25.2 Å². The Kier molecular flexibility index (Phi) is 8.63. The fourth-order valence-electron chi connectivity index (χ4n) is 1.48. The van der Waals surface area contributed by atoms with Crippen LogP contribution in [0.1, 0.15) is 29.2 Å². The SMILES string of the molecule is Cc1[n-]cnc1C=NCCCN=Cc1nc[n-]c1C.F[P-](F)(F)(F)(F)F.[Au]. The average Bonchev–Trinajstić information content (AvgIpc) is 3.04. The summed E-state index contributed by atoms with van der Waals surface area (Å²) in [6.07, 6.45) is 7.51. The van der Waals surface area contributed by atoms with Gasteiger partial charge in [-0.05, 0) is 31.7 Å². The second-order valence-electron chi connectivity index (χ2n) is 5.07. The minimum Gasteiger partial charge on any atom is 0 e. The molecular weight excluding hydrogens is 582 g/mol. The summed E-state index contributed by atoms with van der Waals surface area (Å²) in [5.41, 5.74) is 3.50. The molecule has 2 aromatic heterocycles. The first-order valence-corrected chi connectivity index (χ1v) is 9.20. The molecule has 0 unspecified atom stereocenters. The quantitative estimate of drug-likeness (QED) is 0.163. The van der Waals surface area contributed by atoms with E-state index in [-0.39, 0.29) is 22.4 Å². The third-order valence-corrected chi connectivity index (χ3v) is 2.64. The van der Waals surface area contributed by atoms with Crippen LogP contribution < -0.4 is 9.97 Å². The van der Waals surface area contributed by atoms with Crippen LogP contribution >= 0.6 is 7.81 Å². The van der Waals surface area contributed by atoms with Gasteiger partial charge >= 0.3 is 33.0 Å². The number of hydrogen-bond donors (Lipinski definition) is 0. The maximum atomic E-state index is 9.87. The molecule has 0 aliphatic carbocycles. The van der Waals surface area contributed by atoms with Gasteiger partial charge in [-0.3, -0.25) is 9.98 Å². The van der Waals surface area contributed by atoms with Crippen molar-refractivity contribution in [2.75, 3.05) is 13.1 Å². The fourth-order valence-corrected chi connectivity index (χ4v) is 1.48. The topological polar surface area (TPSA) is 78.7 Å². The normalized spacial score (nSPS) is 14.4. The van der Waals surface area contributed by atoms with Gasteiger partial charge in [-0.2, -0.15) is 0 Å². The molecule has 0 atom stereocenters. The minimum atomic E-state index is -10.7. The zero-order valence-electron chi connectivity index (χ0n) is 14.1. The average molecular weight is 598 g/mol. The molecule has 2 rings (SSSR count). The number of aliphatic imine (C=N–C) groups is 2. The minimum absolute atomic E-state index is 0. The number of hydrogen-bond acceptors (Lipinski definition) is 4. The Morgan fingerprint density at radius 1 is 0.852 bits per heavy atom. The predicted molar refractivity (Wildman–Crippen MR) is 87.7 cm³/mol. The summed E-state index contributed by atoms with van der Waals surface area (Å²) in [6.45, 7) is 5.30. The Labute approximate surface area is 166 Å². The van der Waals surface area contributed by atoms with Crippen molar-refractivity contribution in [3.8, 4) is 0 Å². The number of aromatic nitrogens is 4. The van der Waals surface area contributed by atoms with E-state index in [4.69, 9.17) is 0 Å². The summed E-state index contributed by atoms with van der Waals surface area (Å²) in [5, 5.41) is 0. The fraction of sp³-hybridized carbons (Fsp3) is 0.385. The maximum absolute atomic E-state index is 10.7. The third kappa shape index (κ3) is 15.3. The Morgan fingerprint density at radius 2 is 1.19 bits per heavy atom. The molecule has 0 saturated heterocycles. The molecule has 0 aliphatic heterocycles. The molecular formula is C13H16AuF6N6P-3. The van der Waals surface area contributed by atoms with Crippen LogP contribution in [0.25, 0.3) is 0 Å². The van der Waals surface area contributed by atoms with Crippen LogP contribution in [0.5, 0.6) is 0 Å². The van der Waals surface area contributed by atoms with Crippen LogP contribution in [0.15, 0.2) is 22.6 Å².